The first-order chi connectivity index (χ1) is 14.4. The Morgan fingerprint density at radius 3 is 2.57 bits per heavy atom. The maximum Gasteiger partial charge on any atom is 0.226 e. The standard InChI is InChI=1S/C23H20N6O/c1-23(2)11-17-19(18(30)12-23)20(15-5-3-14(13-24)4-6-15)29-22(26-17)27-21(28-29)16-7-9-25-10-8-16/h3-10,20H,11-12H2,1-2H3,(H,26,27,28). The number of hydrogen-bond acceptors (Lipinski definition) is 6. The Bertz CT molecular complexity index is 1210. The van der Waals surface area contributed by atoms with E-state index in [1.165, 1.54) is 0 Å². The first-order valence-corrected chi connectivity index (χ1v) is 9.85. The monoisotopic (exact) mass is 396 g/mol. The SMILES string of the molecule is CC1(C)CC(=O)C2=C(C1)Nc1nc(-c3ccncc3)nn1C2c1ccc(C#N)cc1. The molecule has 0 radical (unpaired) electrons. The van der Waals surface area contributed by atoms with Crippen molar-refractivity contribution in [3.05, 3.63) is 71.2 Å². The zero-order chi connectivity index (χ0) is 20.9. The maximum atomic E-state index is 13.2. The summed E-state index contributed by atoms with van der Waals surface area (Å²) in [6.45, 7) is 4.21. The average molecular weight is 396 g/mol. The van der Waals surface area contributed by atoms with Crippen molar-refractivity contribution in [1.82, 2.24) is 19.7 Å². The first kappa shape index (κ1) is 18.3. The highest BCUT2D eigenvalue weighted by atomic mass is 16.1. The molecule has 0 fully saturated rings. The maximum absolute atomic E-state index is 13.2. The van der Waals surface area contributed by atoms with Crippen molar-refractivity contribution in [2.24, 2.45) is 5.41 Å². The van der Waals surface area contributed by atoms with E-state index in [0.29, 0.717) is 23.8 Å². The fraction of sp³-hybridized carbons (Fsp3) is 0.261. The molecule has 2 aromatic heterocycles. The molecule has 148 valence electrons. The third kappa shape index (κ3) is 2.98. The van der Waals surface area contributed by atoms with Gasteiger partial charge in [-0.05, 0) is 41.7 Å². The van der Waals surface area contributed by atoms with Crippen molar-refractivity contribution >= 4 is 11.7 Å². The molecule has 3 aromatic rings. The largest absolute Gasteiger partial charge is 0.328 e. The third-order valence-electron chi connectivity index (χ3n) is 5.63. The van der Waals surface area contributed by atoms with E-state index in [-0.39, 0.29) is 17.2 Å². The van der Waals surface area contributed by atoms with E-state index >= 15 is 0 Å². The normalized spacial score (nSPS) is 19.5. The second-order valence-corrected chi connectivity index (χ2v) is 8.53. The second-order valence-electron chi connectivity index (χ2n) is 8.53. The number of Topliss-reactive ketones (excluding diaryl/α,β-unsaturated/α-hetero) is 1. The molecule has 7 heteroatoms. The molecule has 1 unspecified atom stereocenters. The molecule has 5 rings (SSSR count). The van der Waals surface area contributed by atoms with Crippen LogP contribution in [0.25, 0.3) is 11.4 Å². The number of hydrogen-bond donors (Lipinski definition) is 1. The van der Waals surface area contributed by atoms with Gasteiger partial charge in [-0.25, -0.2) is 4.68 Å². The van der Waals surface area contributed by atoms with Gasteiger partial charge < -0.3 is 5.32 Å². The van der Waals surface area contributed by atoms with E-state index in [4.69, 9.17) is 15.3 Å². The van der Waals surface area contributed by atoms with Gasteiger partial charge in [0.25, 0.3) is 0 Å². The van der Waals surface area contributed by atoms with Crippen molar-refractivity contribution < 1.29 is 4.79 Å². The van der Waals surface area contributed by atoms with Crippen LogP contribution >= 0.6 is 0 Å². The van der Waals surface area contributed by atoms with Gasteiger partial charge in [0.05, 0.1) is 11.6 Å². The summed E-state index contributed by atoms with van der Waals surface area (Å²) < 4.78 is 1.78. The van der Waals surface area contributed by atoms with Gasteiger partial charge >= 0.3 is 0 Å². The van der Waals surface area contributed by atoms with Gasteiger partial charge in [-0.2, -0.15) is 10.2 Å². The number of nitrogens with one attached hydrogen (secondary N) is 1. The van der Waals surface area contributed by atoms with Crippen LogP contribution in [0.15, 0.2) is 60.1 Å². The molecule has 3 heterocycles. The molecule has 30 heavy (non-hydrogen) atoms. The summed E-state index contributed by atoms with van der Waals surface area (Å²) >= 11 is 0. The van der Waals surface area contributed by atoms with Gasteiger partial charge in [0.1, 0.15) is 6.04 Å². The molecule has 1 aliphatic carbocycles. The fourth-order valence-electron chi connectivity index (χ4n) is 4.28. The summed E-state index contributed by atoms with van der Waals surface area (Å²) in [4.78, 5) is 22.0. The van der Waals surface area contributed by atoms with Crippen LogP contribution in [0.3, 0.4) is 0 Å². The lowest BCUT2D eigenvalue weighted by molar-refractivity contribution is -0.118. The van der Waals surface area contributed by atoms with Gasteiger partial charge in [0.15, 0.2) is 11.6 Å². The molecule has 1 aliphatic heterocycles. The highest BCUT2D eigenvalue weighted by Gasteiger charge is 2.41. The average Bonchev–Trinajstić information content (AvgIpc) is 3.16. The second kappa shape index (κ2) is 6.63. The topological polar surface area (TPSA) is 96.5 Å². The van der Waals surface area contributed by atoms with E-state index in [9.17, 15) is 4.79 Å². The quantitative estimate of drug-likeness (QED) is 0.706. The number of anilines is 1. The smallest absolute Gasteiger partial charge is 0.226 e. The first-order valence-electron chi connectivity index (χ1n) is 9.85. The van der Waals surface area contributed by atoms with Crippen LogP contribution in [0.2, 0.25) is 0 Å². The number of benzene rings is 1. The van der Waals surface area contributed by atoms with Crippen molar-refractivity contribution in [2.45, 2.75) is 32.7 Å². The number of allylic oxidation sites excluding steroid dienone is 2. The van der Waals surface area contributed by atoms with Crippen LogP contribution in [-0.2, 0) is 4.79 Å². The molecule has 0 saturated carbocycles. The summed E-state index contributed by atoms with van der Waals surface area (Å²) in [7, 11) is 0. The zero-order valence-corrected chi connectivity index (χ0v) is 16.8. The number of rotatable bonds is 2. The van der Waals surface area contributed by atoms with Crippen LogP contribution in [0.1, 0.15) is 43.9 Å². The minimum Gasteiger partial charge on any atom is -0.328 e. The van der Waals surface area contributed by atoms with E-state index in [2.05, 4.69) is 30.2 Å². The highest BCUT2D eigenvalue weighted by Crippen LogP contribution is 2.45. The number of fused-ring (bicyclic) bond motifs is 1. The van der Waals surface area contributed by atoms with Gasteiger partial charge in [-0.15, -0.1) is 5.10 Å². The Labute approximate surface area is 174 Å². The van der Waals surface area contributed by atoms with Gasteiger partial charge in [-0.1, -0.05) is 26.0 Å². The molecule has 0 spiro atoms. The molecular weight excluding hydrogens is 376 g/mol. The Balaban J connectivity index is 1.68. The molecule has 7 nitrogen and oxygen atoms in total. The number of nitriles is 1. The molecule has 1 N–H and O–H groups in total. The molecule has 1 aromatic carbocycles. The van der Waals surface area contributed by atoms with E-state index in [1.807, 2.05) is 24.3 Å². The summed E-state index contributed by atoms with van der Waals surface area (Å²) in [6.07, 6.45) is 4.66. The molecule has 2 aliphatic rings. The molecule has 0 amide bonds. The number of carbonyl (C=O) groups excluding carboxylic acids is 1. The fourth-order valence-corrected chi connectivity index (χ4v) is 4.28. The molecular formula is C23H20N6O. The lowest BCUT2D eigenvalue weighted by Crippen LogP contribution is -2.36. The number of aromatic nitrogens is 4. The van der Waals surface area contributed by atoms with Crippen LogP contribution in [0, 0.1) is 16.7 Å². The molecule has 1 atom stereocenters. The number of ketones is 1. The minimum absolute atomic E-state index is 0.117. The highest BCUT2D eigenvalue weighted by molar-refractivity contribution is 6.00. The van der Waals surface area contributed by atoms with Crippen molar-refractivity contribution in [3.8, 4) is 17.5 Å². The Hall–Kier alpha value is -3.79. The number of carbonyl (C=O) groups is 1. The van der Waals surface area contributed by atoms with Crippen molar-refractivity contribution in [1.29, 1.82) is 5.26 Å². The van der Waals surface area contributed by atoms with Gasteiger partial charge in [0.2, 0.25) is 5.95 Å². The Morgan fingerprint density at radius 1 is 1.13 bits per heavy atom. The predicted molar refractivity (Wildman–Crippen MR) is 111 cm³/mol. The summed E-state index contributed by atoms with van der Waals surface area (Å²) in [5.41, 5.74) is 3.87. The summed E-state index contributed by atoms with van der Waals surface area (Å²) in [6, 6.07) is 12.8. The van der Waals surface area contributed by atoms with Crippen LogP contribution in [0.5, 0.6) is 0 Å². The number of pyridine rings is 1. The van der Waals surface area contributed by atoms with Crippen molar-refractivity contribution in [3.63, 3.8) is 0 Å². The third-order valence-corrected chi connectivity index (χ3v) is 5.63. The van der Waals surface area contributed by atoms with E-state index < -0.39 is 0 Å². The lowest BCUT2D eigenvalue weighted by Gasteiger charge is -2.38. The van der Waals surface area contributed by atoms with Crippen LogP contribution in [0.4, 0.5) is 5.95 Å². The Kier molecular flexibility index (Phi) is 4.03. The number of nitrogens with zero attached hydrogens (tertiary/aromatic N) is 5. The Morgan fingerprint density at radius 2 is 1.87 bits per heavy atom. The zero-order valence-electron chi connectivity index (χ0n) is 16.8. The van der Waals surface area contributed by atoms with Crippen LogP contribution < -0.4 is 5.32 Å². The summed E-state index contributed by atoms with van der Waals surface area (Å²) in [5, 5.41) is 17.3. The van der Waals surface area contributed by atoms with Gasteiger partial charge in [0, 0.05) is 35.6 Å². The van der Waals surface area contributed by atoms with E-state index in [0.717, 1.165) is 28.8 Å². The molecule has 0 saturated heterocycles. The van der Waals surface area contributed by atoms with Gasteiger partial charge in [-0.3, -0.25) is 9.78 Å². The van der Waals surface area contributed by atoms with Crippen molar-refractivity contribution in [2.75, 3.05) is 5.32 Å². The predicted octanol–water partition coefficient (Wildman–Crippen LogP) is 3.87. The van der Waals surface area contributed by atoms with E-state index in [1.54, 1.807) is 29.2 Å². The van der Waals surface area contributed by atoms with Crippen LogP contribution in [-0.4, -0.2) is 25.5 Å². The lowest BCUT2D eigenvalue weighted by atomic mass is 9.73. The molecule has 0 bridgehead atoms. The minimum atomic E-state index is -0.379. The summed E-state index contributed by atoms with van der Waals surface area (Å²) in [5.74, 6) is 1.31.